The lowest BCUT2D eigenvalue weighted by Crippen LogP contribution is -1.95. The zero-order valence-corrected chi connectivity index (χ0v) is 13.7. The average Bonchev–Trinajstić information content (AvgIpc) is 2.53. The van der Waals surface area contributed by atoms with Crippen LogP contribution in [-0.4, -0.2) is 5.11 Å². The van der Waals surface area contributed by atoms with E-state index in [0.29, 0.717) is 0 Å². The van der Waals surface area contributed by atoms with Gasteiger partial charge in [-0.1, -0.05) is 76.6 Å². The van der Waals surface area contributed by atoms with Gasteiger partial charge in [-0.05, 0) is 42.9 Å². The monoisotopic (exact) mass is 344 g/mol. The first-order chi connectivity index (χ1) is 10.3. The number of rotatable bonds is 7. The molecule has 0 saturated carbocycles. The van der Waals surface area contributed by atoms with Gasteiger partial charge in [-0.2, -0.15) is 0 Å². The lowest BCUT2D eigenvalue weighted by Gasteiger charge is -2.08. The Labute approximate surface area is 135 Å². The van der Waals surface area contributed by atoms with Crippen LogP contribution in [0.1, 0.15) is 36.5 Å². The highest BCUT2D eigenvalue weighted by atomic mass is 79.9. The van der Waals surface area contributed by atoms with E-state index >= 15 is 0 Å². The van der Waals surface area contributed by atoms with Crippen molar-refractivity contribution in [3.8, 4) is 0 Å². The molecule has 0 amide bonds. The largest absolute Gasteiger partial charge is 0.388 e. The molecule has 1 atom stereocenters. The smallest absolute Gasteiger partial charge is 0.0793 e. The molecule has 2 rings (SSSR count). The summed E-state index contributed by atoms with van der Waals surface area (Å²) >= 11 is 3.57. The van der Waals surface area contributed by atoms with Crippen molar-refractivity contribution in [1.82, 2.24) is 0 Å². The molecule has 0 aromatic heterocycles. The summed E-state index contributed by atoms with van der Waals surface area (Å²) in [5.74, 6) is 0. The minimum Gasteiger partial charge on any atom is -0.388 e. The first kappa shape index (κ1) is 16.0. The molecule has 0 aliphatic carbocycles. The number of allylic oxidation sites excluding steroid dienone is 2. The van der Waals surface area contributed by atoms with Gasteiger partial charge in [0.15, 0.2) is 0 Å². The third-order valence-electron chi connectivity index (χ3n) is 3.50. The molecule has 0 bridgehead atoms. The van der Waals surface area contributed by atoms with Gasteiger partial charge in [0.25, 0.3) is 0 Å². The fourth-order valence-electron chi connectivity index (χ4n) is 2.27. The van der Waals surface area contributed by atoms with E-state index in [1.54, 1.807) is 0 Å². The van der Waals surface area contributed by atoms with Gasteiger partial charge in [0.1, 0.15) is 0 Å². The zero-order valence-electron chi connectivity index (χ0n) is 12.1. The van der Waals surface area contributed by atoms with Crippen LogP contribution in [0.3, 0.4) is 0 Å². The second-order valence-electron chi connectivity index (χ2n) is 5.11. The summed E-state index contributed by atoms with van der Waals surface area (Å²) < 4.78 is 1.18. The van der Waals surface area contributed by atoms with Gasteiger partial charge in [0.05, 0.1) is 6.10 Å². The van der Waals surface area contributed by atoms with Gasteiger partial charge in [-0.15, -0.1) is 0 Å². The molecule has 1 unspecified atom stereocenters. The Hall–Kier alpha value is -1.38. The van der Waals surface area contributed by atoms with E-state index in [0.717, 1.165) is 31.2 Å². The minimum atomic E-state index is -0.362. The van der Waals surface area contributed by atoms with E-state index in [-0.39, 0.29) is 6.10 Å². The summed E-state index contributed by atoms with van der Waals surface area (Å²) in [4.78, 5) is 0. The van der Waals surface area contributed by atoms with Crippen molar-refractivity contribution < 1.29 is 5.11 Å². The van der Waals surface area contributed by atoms with Crippen LogP contribution in [0.5, 0.6) is 0 Å². The molecule has 1 nitrogen and oxygen atoms in total. The molecule has 110 valence electrons. The predicted molar refractivity (Wildman–Crippen MR) is 92.2 cm³/mol. The zero-order chi connectivity index (χ0) is 14.9. The van der Waals surface area contributed by atoms with Crippen LogP contribution in [0.15, 0.2) is 71.2 Å². The highest BCUT2D eigenvalue weighted by molar-refractivity contribution is 9.10. The molecule has 0 spiro atoms. The SMILES string of the molecule is OC(CC/C=C/CCc1ccccc1Br)c1ccccc1. The van der Waals surface area contributed by atoms with Gasteiger partial charge in [0, 0.05) is 4.47 Å². The minimum absolute atomic E-state index is 0.362. The Kier molecular flexibility index (Phi) is 6.71. The van der Waals surface area contributed by atoms with Crippen molar-refractivity contribution in [3.05, 3.63) is 82.3 Å². The van der Waals surface area contributed by atoms with E-state index in [9.17, 15) is 5.11 Å². The van der Waals surface area contributed by atoms with Crippen molar-refractivity contribution in [3.63, 3.8) is 0 Å². The molecule has 0 aliphatic heterocycles. The molecule has 21 heavy (non-hydrogen) atoms. The molecule has 0 heterocycles. The molecular formula is C19H21BrO. The van der Waals surface area contributed by atoms with E-state index in [4.69, 9.17) is 0 Å². The van der Waals surface area contributed by atoms with Crippen LogP contribution in [0, 0.1) is 0 Å². The molecule has 2 heteroatoms. The van der Waals surface area contributed by atoms with Crippen molar-refractivity contribution in [2.75, 3.05) is 0 Å². The van der Waals surface area contributed by atoms with E-state index in [1.165, 1.54) is 10.0 Å². The van der Waals surface area contributed by atoms with Crippen LogP contribution < -0.4 is 0 Å². The summed E-state index contributed by atoms with van der Waals surface area (Å²) in [5.41, 5.74) is 2.34. The summed E-state index contributed by atoms with van der Waals surface area (Å²) in [6.07, 6.45) is 7.77. The summed E-state index contributed by atoms with van der Waals surface area (Å²) in [6, 6.07) is 18.2. The first-order valence-electron chi connectivity index (χ1n) is 7.39. The maximum atomic E-state index is 10.1. The highest BCUT2D eigenvalue weighted by Gasteiger charge is 2.04. The lowest BCUT2D eigenvalue weighted by atomic mass is 10.0. The Morgan fingerprint density at radius 1 is 0.905 bits per heavy atom. The maximum Gasteiger partial charge on any atom is 0.0793 e. The van der Waals surface area contributed by atoms with Gasteiger partial charge < -0.3 is 5.11 Å². The average molecular weight is 345 g/mol. The van der Waals surface area contributed by atoms with E-state index < -0.39 is 0 Å². The van der Waals surface area contributed by atoms with Crippen LogP contribution in [-0.2, 0) is 6.42 Å². The number of aryl methyl sites for hydroxylation is 1. The Balaban J connectivity index is 1.68. The van der Waals surface area contributed by atoms with Gasteiger partial charge >= 0.3 is 0 Å². The molecule has 0 radical (unpaired) electrons. The third kappa shape index (κ3) is 5.49. The van der Waals surface area contributed by atoms with Gasteiger partial charge in [-0.3, -0.25) is 0 Å². The molecule has 0 saturated heterocycles. The van der Waals surface area contributed by atoms with Crippen LogP contribution in [0.4, 0.5) is 0 Å². The van der Waals surface area contributed by atoms with Crippen molar-refractivity contribution in [2.45, 2.75) is 31.8 Å². The predicted octanol–water partition coefficient (Wildman–Crippen LogP) is 5.45. The van der Waals surface area contributed by atoms with E-state index in [2.05, 4.69) is 46.3 Å². The lowest BCUT2D eigenvalue weighted by molar-refractivity contribution is 0.168. The number of benzene rings is 2. The number of aliphatic hydroxyl groups is 1. The standard InChI is InChI=1S/C19H21BrO/c20-18-14-9-8-11-16(18)10-4-1-2-7-15-19(21)17-12-5-3-6-13-17/h1-3,5-6,8-9,11-14,19,21H,4,7,10,15H2/b2-1+. The fourth-order valence-corrected chi connectivity index (χ4v) is 2.75. The molecule has 2 aromatic carbocycles. The van der Waals surface area contributed by atoms with Crippen LogP contribution in [0.25, 0.3) is 0 Å². The van der Waals surface area contributed by atoms with Gasteiger partial charge in [0.2, 0.25) is 0 Å². The molecule has 2 aromatic rings. The summed E-state index contributed by atoms with van der Waals surface area (Å²) in [5, 5.41) is 10.1. The normalized spacial score (nSPS) is 12.7. The second-order valence-corrected chi connectivity index (χ2v) is 5.96. The quantitative estimate of drug-likeness (QED) is 0.662. The Morgan fingerprint density at radius 2 is 1.57 bits per heavy atom. The Bertz CT molecular complexity index is 563. The molecule has 0 aliphatic rings. The van der Waals surface area contributed by atoms with Crippen LogP contribution in [0.2, 0.25) is 0 Å². The first-order valence-corrected chi connectivity index (χ1v) is 8.18. The number of aliphatic hydroxyl groups excluding tert-OH is 1. The number of hydrogen-bond donors (Lipinski definition) is 1. The maximum absolute atomic E-state index is 10.1. The molecule has 0 fully saturated rings. The third-order valence-corrected chi connectivity index (χ3v) is 4.27. The fraction of sp³-hybridized carbons (Fsp3) is 0.263. The number of hydrogen-bond acceptors (Lipinski definition) is 1. The number of halogens is 1. The summed E-state index contributed by atoms with van der Waals surface area (Å²) in [6.45, 7) is 0. The highest BCUT2D eigenvalue weighted by Crippen LogP contribution is 2.19. The molecule has 1 N–H and O–H groups in total. The van der Waals surface area contributed by atoms with Crippen LogP contribution >= 0.6 is 15.9 Å². The Morgan fingerprint density at radius 3 is 2.33 bits per heavy atom. The van der Waals surface area contributed by atoms with Crippen molar-refractivity contribution in [2.24, 2.45) is 0 Å². The van der Waals surface area contributed by atoms with Gasteiger partial charge in [-0.25, -0.2) is 0 Å². The van der Waals surface area contributed by atoms with E-state index in [1.807, 2.05) is 36.4 Å². The summed E-state index contributed by atoms with van der Waals surface area (Å²) in [7, 11) is 0. The van der Waals surface area contributed by atoms with Crippen molar-refractivity contribution in [1.29, 1.82) is 0 Å². The molecular weight excluding hydrogens is 324 g/mol. The topological polar surface area (TPSA) is 20.2 Å². The second kappa shape index (κ2) is 8.81. The van der Waals surface area contributed by atoms with Crippen molar-refractivity contribution >= 4 is 15.9 Å².